The topological polar surface area (TPSA) is 85.7 Å². The van der Waals surface area contributed by atoms with Crippen molar-refractivity contribution >= 4 is 28.1 Å². The summed E-state index contributed by atoms with van der Waals surface area (Å²) in [5.41, 5.74) is 1.04. The fourth-order valence-electron chi connectivity index (χ4n) is 2.69. The summed E-state index contributed by atoms with van der Waals surface area (Å²) in [6.07, 6.45) is 2.20. The lowest BCUT2D eigenvalue weighted by Crippen LogP contribution is -2.39. The Kier molecular flexibility index (Phi) is 4.38. The van der Waals surface area contributed by atoms with E-state index >= 15 is 0 Å². The van der Waals surface area contributed by atoms with Crippen molar-refractivity contribution in [1.82, 2.24) is 9.88 Å². The smallest absolute Gasteiger partial charge is 0.273 e. The van der Waals surface area contributed by atoms with Gasteiger partial charge in [-0.2, -0.15) is 0 Å². The highest BCUT2D eigenvalue weighted by molar-refractivity contribution is 7.14. The fraction of sp³-hybridized carbons (Fsp3) is 0.375. The minimum absolute atomic E-state index is 0.0330. The minimum Gasteiger partial charge on any atom is -0.504 e. The Morgan fingerprint density at radius 3 is 2.96 bits per heavy atom. The molecule has 1 aliphatic heterocycles. The molecule has 0 aliphatic carbocycles. The Morgan fingerprint density at radius 1 is 1.39 bits per heavy atom. The number of carbonyl (C=O) groups is 1. The Bertz CT molecular complexity index is 716. The molecular weight excluding hydrogens is 314 g/mol. The van der Waals surface area contributed by atoms with Crippen LogP contribution in [0.1, 0.15) is 30.3 Å². The number of benzene rings is 1. The number of phenols is 2. The van der Waals surface area contributed by atoms with Crippen molar-refractivity contribution in [3.8, 4) is 11.5 Å². The van der Waals surface area contributed by atoms with Gasteiger partial charge in [0.25, 0.3) is 5.91 Å². The number of thiazole rings is 1. The molecule has 1 aromatic carbocycles. The van der Waals surface area contributed by atoms with E-state index < -0.39 is 0 Å². The number of hydrogen-bond acceptors (Lipinski definition) is 6. The van der Waals surface area contributed by atoms with Crippen LogP contribution in [0.3, 0.4) is 0 Å². The molecule has 23 heavy (non-hydrogen) atoms. The van der Waals surface area contributed by atoms with Crippen LogP contribution in [-0.2, 0) is 0 Å². The van der Waals surface area contributed by atoms with Crippen molar-refractivity contribution in [2.24, 2.45) is 5.92 Å². The maximum Gasteiger partial charge on any atom is 0.273 e. The van der Waals surface area contributed by atoms with E-state index in [1.54, 1.807) is 11.4 Å². The van der Waals surface area contributed by atoms with Crippen LogP contribution in [0.25, 0.3) is 0 Å². The average Bonchev–Trinajstić information content (AvgIpc) is 2.99. The summed E-state index contributed by atoms with van der Waals surface area (Å²) in [6.45, 7) is 3.73. The standard InChI is InChI=1S/C16H19N3O3S/c1-10-3-2-6-19(8-10)15(22)12-9-23-16(18-12)17-11-4-5-13(20)14(21)7-11/h4-5,7,9-10,20-21H,2-3,6,8H2,1H3,(H,17,18). The summed E-state index contributed by atoms with van der Waals surface area (Å²) in [7, 11) is 0. The van der Waals surface area contributed by atoms with E-state index in [0.29, 0.717) is 22.4 Å². The van der Waals surface area contributed by atoms with Crippen molar-refractivity contribution in [3.63, 3.8) is 0 Å². The molecule has 122 valence electrons. The van der Waals surface area contributed by atoms with Gasteiger partial charge in [-0.3, -0.25) is 4.79 Å². The first-order valence-corrected chi connectivity index (χ1v) is 8.44. The van der Waals surface area contributed by atoms with Gasteiger partial charge >= 0.3 is 0 Å². The quantitative estimate of drug-likeness (QED) is 0.593. The Balaban J connectivity index is 1.69. The minimum atomic E-state index is -0.204. The van der Waals surface area contributed by atoms with Crippen LogP contribution in [0, 0.1) is 5.92 Å². The predicted octanol–water partition coefficient (Wildman–Crippen LogP) is 3.17. The molecule has 6 nitrogen and oxygen atoms in total. The van der Waals surface area contributed by atoms with E-state index in [4.69, 9.17) is 0 Å². The zero-order valence-corrected chi connectivity index (χ0v) is 13.6. The van der Waals surface area contributed by atoms with Gasteiger partial charge in [0.1, 0.15) is 5.69 Å². The van der Waals surface area contributed by atoms with Crippen LogP contribution in [0.2, 0.25) is 0 Å². The number of carbonyl (C=O) groups excluding carboxylic acids is 1. The molecule has 0 radical (unpaired) electrons. The number of hydrogen-bond donors (Lipinski definition) is 3. The maximum atomic E-state index is 12.5. The SMILES string of the molecule is CC1CCCN(C(=O)c2csc(Nc3ccc(O)c(O)c3)n2)C1. The van der Waals surface area contributed by atoms with Crippen LogP contribution in [0.15, 0.2) is 23.6 Å². The molecule has 3 N–H and O–H groups in total. The third-order valence-electron chi connectivity index (χ3n) is 3.89. The third-order valence-corrected chi connectivity index (χ3v) is 4.65. The number of piperidine rings is 1. The summed E-state index contributed by atoms with van der Waals surface area (Å²) < 4.78 is 0. The molecule has 1 amide bonds. The van der Waals surface area contributed by atoms with Gasteiger partial charge in [0, 0.05) is 30.2 Å². The molecule has 1 fully saturated rings. The number of phenolic OH excluding ortho intramolecular Hbond substituents is 2. The van der Waals surface area contributed by atoms with Crippen LogP contribution < -0.4 is 5.32 Å². The molecule has 7 heteroatoms. The number of amides is 1. The molecule has 0 bridgehead atoms. The van der Waals surface area contributed by atoms with Crippen LogP contribution in [-0.4, -0.2) is 39.1 Å². The molecule has 0 spiro atoms. The van der Waals surface area contributed by atoms with E-state index in [1.165, 1.54) is 23.5 Å². The first-order valence-electron chi connectivity index (χ1n) is 7.56. The van der Waals surface area contributed by atoms with Crippen LogP contribution in [0.5, 0.6) is 11.5 Å². The summed E-state index contributed by atoms with van der Waals surface area (Å²) >= 11 is 1.33. The number of aromatic nitrogens is 1. The molecule has 3 rings (SSSR count). The Hall–Kier alpha value is -2.28. The zero-order chi connectivity index (χ0) is 16.4. The van der Waals surface area contributed by atoms with Gasteiger partial charge in [-0.1, -0.05) is 6.92 Å². The Labute approximate surface area is 138 Å². The highest BCUT2D eigenvalue weighted by Gasteiger charge is 2.23. The monoisotopic (exact) mass is 333 g/mol. The normalized spacial score (nSPS) is 18.0. The summed E-state index contributed by atoms with van der Waals surface area (Å²) in [5, 5.41) is 24.1. The largest absolute Gasteiger partial charge is 0.504 e. The van der Waals surface area contributed by atoms with E-state index in [9.17, 15) is 15.0 Å². The van der Waals surface area contributed by atoms with E-state index in [2.05, 4.69) is 17.2 Å². The molecule has 1 aromatic heterocycles. The number of nitrogens with zero attached hydrogens (tertiary/aromatic N) is 2. The number of anilines is 2. The molecule has 0 saturated carbocycles. The summed E-state index contributed by atoms with van der Waals surface area (Å²) in [6, 6.07) is 4.43. The molecular formula is C16H19N3O3S. The van der Waals surface area contributed by atoms with Crippen molar-refractivity contribution < 1.29 is 15.0 Å². The van der Waals surface area contributed by atoms with Crippen molar-refractivity contribution in [2.45, 2.75) is 19.8 Å². The molecule has 2 heterocycles. The van der Waals surface area contributed by atoms with Gasteiger partial charge in [-0.15, -0.1) is 11.3 Å². The highest BCUT2D eigenvalue weighted by atomic mass is 32.1. The maximum absolute atomic E-state index is 12.5. The fourth-order valence-corrected chi connectivity index (χ4v) is 3.39. The van der Waals surface area contributed by atoms with Crippen molar-refractivity contribution in [3.05, 3.63) is 29.3 Å². The molecule has 2 aromatic rings. The second-order valence-corrected chi connectivity index (χ2v) is 6.72. The summed E-state index contributed by atoms with van der Waals surface area (Å²) in [5.74, 6) is 0.119. The van der Waals surface area contributed by atoms with Crippen molar-refractivity contribution in [2.75, 3.05) is 18.4 Å². The first-order chi connectivity index (χ1) is 11.0. The molecule has 1 atom stereocenters. The third kappa shape index (κ3) is 3.56. The average molecular weight is 333 g/mol. The van der Waals surface area contributed by atoms with Gasteiger partial charge in [0.05, 0.1) is 0 Å². The molecule has 1 saturated heterocycles. The van der Waals surface area contributed by atoms with E-state index in [-0.39, 0.29) is 17.4 Å². The summed E-state index contributed by atoms with van der Waals surface area (Å²) in [4.78, 5) is 18.7. The van der Waals surface area contributed by atoms with E-state index in [0.717, 1.165) is 25.9 Å². The van der Waals surface area contributed by atoms with Crippen LogP contribution in [0.4, 0.5) is 10.8 Å². The highest BCUT2D eigenvalue weighted by Crippen LogP contribution is 2.30. The Morgan fingerprint density at radius 2 is 2.22 bits per heavy atom. The van der Waals surface area contributed by atoms with Crippen molar-refractivity contribution in [1.29, 1.82) is 0 Å². The number of rotatable bonds is 3. The first kappa shape index (κ1) is 15.6. The lowest BCUT2D eigenvalue weighted by atomic mass is 10.0. The number of likely N-dealkylation sites (tertiary alicyclic amines) is 1. The van der Waals surface area contributed by atoms with Gasteiger partial charge in [0.15, 0.2) is 16.6 Å². The molecule has 1 unspecified atom stereocenters. The van der Waals surface area contributed by atoms with Crippen LogP contribution >= 0.6 is 11.3 Å². The predicted molar refractivity (Wildman–Crippen MR) is 89.5 cm³/mol. The van der Waals surface area contributed by atoms with Gasteiger partial charge in [0.2, 0.25) is 0 Å². The second-order valence-electron chi connectivity index (χ2n) is 5.86. The second kappa shape index (κ2) is 6.45. The number of nitrogens with one attached hydrogen (secondary N) is 1. The lowest BCUT2D eigenvalue weighted by Gasteiger charge is -2.30. The zero-order valence-electron chi connectivity index (χ0n) is 12.8. The number of aromatic hydroxyl groups is 2. The van der Waals surface area contributed by atoms with Gasteiger partial charge in [-0.25, -0.2) is 4.98 Å². The van der Waals surface area contributed by atoms with Gasteiger partial charge < -0.3 is 20.4 Å². The molecule has 1 aliphatic rings. The van der Waals surface area contributed by atoms with Gasteiger partial charge in [-0.05, 0) is 30.9 Å². The lowest BCUT2D eigenvalue weighted by molar-refractivity contribution is 0.0678. The van der Waals surface area contributed by atoms with E-state index in [1.807, 2.05) is 4.90 Å².